The molecule has 0 bridgehead atoms. The fraction of sp³-hybridized carbons (Fsp3) is 0.238. The van der Waals surface area contributed by atoms with Gasteiger partial charge in [-0.2, -0.15) is 0 Å². The number of anilines is 1. The molecule has 1 amide bonds. The number of hydrogen-bond acceptors (Lipinski definition) is 2. The number of rotatable bonds is 2. The first-order valence-corrected chi connectivity index (χ1v) is 9.89. The molecular weight excluding hydrogens is 405 g/mol. The second-order valence-corrected chi connectivity index (χ2v) is 7.96. The maximum Gasteiger partial charge on any atom is 0.232 e. The van der Waals surface area contributed by atoms with Crippen molar-refractivity contribution in [1.29, 1.82) is 0 Å². The first-order valence-electron chi connectivity index (χ1n) is 8.76. The lowest BCUT2D eigenvalue weighted by Crippen LogP contribution is -2.40. The third kappa shape index (κ3) is 3.29. The number of benzene rings is 2. The highest BCUT2D eigenvalue weighted by molar-refractivity contribution is 6.42. The van der Waals surface area contributed by atoms with E-state index in [1.807, 2.05) is 6.07 Å². The van der Waals surface area contributed by atoms with Gasteiger partial charge in [0.2, 0.25) is 5.91 Å². The van der Waals surface area contributed by atoms with Crippen molar-refractivity contribution >= 4 is 52.2 Å². The third-order valence-electron chi connectivity index (χ3n) is 5.12. The number of hydrogen-bond donors (Lipinski definition) is 0. The number of halogens is 3. The van der Waals surface area contributed by atoms with Gasteiger partial charge in [-0.15, -0.1) is 0 Å². The monoisotopic (exact) mass is 419 g/mol. The van der Waals surface area contributed by atoms with Crippen LogP contribution in [0.15, 0.2) is 53.7 Å². The molecule has 0 aromatic heterocycles. The van der Waals surface area contributed by atoms with E-state index in [4.69, 9.17) is 34.8 Å². The van der Waals surface area contributed by atoms with Gasteiger partial charge in [0.05, 0.1) is 10.0 Å². The van der Waals surface area contributed by atoms with Crippen molar-refractivity contribution in [2.24, 2.45) is 0 Å². The van der Waals surface area contributed by atoms with E-state index in [0.717, 1.165) is 23.4 Å². The Balaban J connectivity index is 1.88. The van der Waals surface area contributed by atoms with Gasteiger partial charge in [-0.25, -0.2) is 0 Å². The van der Waals surface area contributed by atoms with Gasteiger partial charge in [-0.1, -0.05) is 46.9 Å². The predicted octanol–water partition coefficient (Wildman–Crippen LogP) is 6.17. The molecule has 0 saturated heterocycles. The molecule has 0 N–H and O–H groups in total. The minimum Gasteiger partial charge on any atom is -0.294 e. The molecular formula is C21H16Cl3NO2. The maximum absolute atomic E-state index is 13.1. The summed E-state index contributed by atoms with van der Waals surface area (Å²) in [6.07, 6.45) is 2.05. The topological polar surface area (TPSA) is 37.4 Å². The molecule has 3 nitrogen and oxygen atoms in total. The Labute approximate surface area is 172 Å². The van der Waals surface area contributed by atoms with Gasteiger partial charge in [-0.05, 0) is 48.7 Å². The van der Waals surface area contributed by atoms with E-state index in [0.29, 0.717) is 33.5 Å². The molecule has 27 heavy (non-hydrogen) atoms. The van der Waals surface area contributed by atoms with Gasteiger partial charge < -0.3 is 0 Å². The van der Waals surface area contributed by atoms with E-state index in [9.17, 15) is 9.59 Å². The van der Waals surface area contributed by atoms with Crippen molar-refractivity contribution in [3.63, 3.8) is 0 Å². The molecule has 6 heteroatoms. The Hall–Kier alpha value is -1.81. The number of ketones is 1. The van der Waals surface area contributed by atoms with Crippen LogP contribution >= 0.6 is 34.8 Å². The molecule has 1 unspecified atom stereocenters. The van der Waals surface area contributed by atoms with Crippen LogP contribution in [-0.2, 0) is 9.59 Å². The molecule has 0 saturated carbocycles. The third-order valence-corrected chi connectivity index (χ3v) is 6.20. The summed E-state index contributed by atoms with van der Waals surface area (Å²) >= 11 is 18.6. The molecule has 1 aliphatic carbocycles. The van der Waals surface area contributed by atoms with Crippen molar-refractivity contribution in [3.8, 4) is 0 Å². The molecule has 2 aromatic carbocycles. The lowest BCUT2D eigenvalue weighted by molar-refractivity contribution is -0.119. The van der Waals surface area contributed by atoms with Crippen LogP contribution in [0.25, 0.3) is 0 Å². The molecule has 1 heterocycles. The maximum atomic E-state index is 13.1. The summed E-state index contributed by atoms with van der Waals surface area (Å²) in [4.78, 5) is 27.6. The molecule has 1 aliphatic heterocycles. The van der Waals surface area contributed by atoms with Crippen LogP contribution in [-0.4, -0.2) is 11.7 Å². The van der Waals surface area contributed by atoms with Crippen molar-refractivity contribution < 1.29 is 9.59 Å². The van der Waals surface area contributed by atoms with Crippen molar-refractivity contribution in [2.45, 2.75) is 31.6 Å². The van der Waals surface area contributed by atoms with E-state index in [2.05, 4.69) is 0 Å². The van der Waals surface area contributed by atoms with Crippen molar-refractivity contribution in [1.82, 2.24) is 0 Å². The summed E-state index contributed by atoms with van der Waals surface area (Å²) < 4.78 is 0. The SMILES string of the molecule is O=C1CCCC2=C1C(c1cccc(Cl)c1Cl)CC(=O)N2c1ccc(Cl)cc1. The Bertz CT molecular complexity index is 966. The summed E-state index contributed by atoms with van der Waals surface area (Å²) in [6, 6.07) is 12.4. The number of carbonyl (C=O) groups is 2. The first kappa shape index (κ1) is 18.5. The molecule has 0 fully saturated rings. The van der Waals surface area contributed by atoms with Crippen LogP contribution in [0.1, 0.15) is 37.2 Å². The van der Waals surface area contributed by atoms with Gasteiger partial charge in [0.15, 0.2) is 5.78 Å². The van der Waals surface area contributed by atoms with Crippen LogP contribution in [0.2, 0.25) is 15.1 Å². The van der Waals surface area contributed by atoms with E-state index in [-0.39, 0.29) is 24.0 Å². The molecule has 2 aliphatic rings. The molecule has 2 aromatic rings. The highest BCUT2D eigenvalue weighted by Crippen LogP contribution is 2.45. The Morgan fingerprint density at radius 2 is 1.67 bits per heavy atom. The number of nitrogens with zero attached hydrogens (tertiary/aromatic N) is 1. The van der Waals surface area contributed by atoms with Crippen molar-refractivity contribution in [3.05, 3.63) is 74.4 Å². The summed E-state index contributed by atoms with van der Waals surface area (Å²) in [5.74, 6) is -0.356. The average molecular weight is 421 g/mol. The van der Waals surface area contributed by atoms with Crippen molar-refractivity contribution in [2.75, 3.05) is 4.90 Å². The lowest BCUT2D eigenvalue weighted by atomic mass is 9.77. The number of Topliss-reactive ketones (excluding diaryl/α,β-unsaturated/α-hetero) is 1. The fourth-order valence-corrected chi connectivity index (χ4v) is 4.50. The Kier molecular flexibility index (Phi) is 5.02. The zero-order valence-electron chi connectivity index (χ0n) is 14.3. The number of allylic oxidation sites excluding steroid dienone is 2. The summed E-state index contributed by atoms with van der Waals surface area (Å²) in [7, 11) is 0. The summed E-state index contributed by atoms with van der Waals surface area (Å²) in [5.41, 5.74) is 2.91. The Morgan fingerprint density at radius 3 is 2.41 bits per heavy atom. The molecule has 1 atom stereocenters. The largest absolute Gasteiger partial charge is 0.294 e. The minimum absolute atomic E-state index is 0.0631. The normalized spacial score (nSPS) is 20.1. The molecule has 0 spiro atoms. The van der Waals surface area contributed by atoms with Crippen LogP contribution in [0.5, 0.6) is 0 Å². The molecule has 4 rings (SSSR count). The van der Waals surface area contributed by atoms with Gasteiger partial charge in [0, 0.05) is 40.7 Å². The lowest BCUT2D eigenvalue weighted by Gasteiger charge is -2.38. The van der Waals surface area contributed by atoms with Gasteiger partial charge in [-0.3, -0.25) is 14.5 Å². The van der Waals surface area contributed by atoms with E-state index >= 15 is 0 Å². The van der Waals surface area contributed by atoms with Crippen LogP contribution in [0.4, 0.5) is 5.69 Å². The van der Waals surface area contributed by atoms with E-state index < -0.39 is 0 Å². The second-order valence-electron chi connectivity index (χ2n) is 6.74. The smallest absolute Gasteiger partial charge is 0.232 e. The molecule has 0 radical (unpaired) electrons. The van der Waals surface area contributed by atoms with E-state index in [1.54, 1.807) is 41.3 Å². The highest BCUT2D eigenvalue weighted by atomic mass is 35.5. The first-order chi connectivity index (χ1) is 13.0. The van der Waals surface area contributed by atoms with Crippen LogP contribution in [0.3, 0.4) is 0 Å². The average Bonchev–Trinajstić information content (AvgIpc) is 2.65. The quantitative estimate of drug-likeness (QED) is 0.582. The highest BCUT2D eigenvalue weighted by Gasteiger charge is 2.40. The van der Waals surface area contributed by atoms with Gasteiger partial charge in [0.1, 0.15) is 0 Å². The number of carbonyl (C=O) groups excluding carboxylic acids is 2. The van der Waals surface area contributed by atoms with Crippen LogP contribution < -0.4 is 4.90 Å². The van der Waals surface area contributed by atoms with Gasteiger partial charge >= 0.3 is 0 Å². The van der Waals surface area contributed by atoms with Crippen LogP contribution in [0, 0.1) is 0 Å². The summed E-state index contributed by atoms with van der Waals surface area (Å²) in [5, 5.41) is 1.43. The summed E-state index contributed by atoms with van der Waals surface area (Å²) in [6.45, 7) is 0. The fourth-order valence-electron chi connectivity index (χ4n) is 3.94. The number of amides is 1. The predicted molar refractivity (Wildman–Crippen MR) is 109 cm³/mol. The van der Waals surface area contributed by atoms with E-state index in [1.165, 1.54) is 0 Å². The Morgan fingerprint density at radius 1 is 0.926 bits per heavy atom. The molecule has 138 valence electrons. The zero-order chi connectivity index (χ0) is 19.1. The second kappa shape index (κ2) is 7.31. The van der Waals surface area contributed by atoms with Gasteiger partial charge in [0.25, 0.3) is 0 Å². The zero-order valence-corrected chi connectivity index (χ0v) is 16.6. The standard InChI is InChI=1S/C21H16Cl3NO2/c22-12-7-9-13(10-8-12)25-17-5-2-6-18(26)20(17)15(11-19(25)27)14-3-1-4-16(23)21(14)24/h1,3-4,7-10,15H,2,5-6,11H2. The minimum atomic E-state index is -0.366.